The van der Waals surface area contributed by atoms with E-state index in [0.29, 0.717) is 25.1 Å². The van der Waals surface area contributed by atoms with Crippen LogP contribution in [0, 0.1) is 12.8 Å². The molecule has 3 N–H and O–H groups in total. The SMILES string of the molecule is CCN(C)C(=O)[C@H]1CC[C@H](NC(=O)c2cc3ccc(C)cc3cn2)[C@H](N)C1. The maximum atomic E-state index is 12.6. The molecule has 0 spiro atoms. The largest absolute Gasteiger partial charge is 0.346 e. The molecule has 6 nitrogen and oxygen atoms in total. The van der Waals surface area contributed by atoms with Crippen LogP contribution >= 0.6 is 0 Å². The molecule has 2 aromatic rings. The molecule has 0 aliphatic heterocycles. The quantitative estimate of drug-likeness (QED) is 0.866. The van der Waals surface area contributed by atoms with Crippen molar-refractivity contribution in [3.63, 3.8) is 0 Å². The maximum Gasteiger partial charge on any atom is 0.270 e. The van der Waals surface area contributed by atoms with Gasteiger partial charge in [-0.2, -0.15) is 0 Å². The van der Waals surface area contributed by atoms with Gasteiger partial charge in [-0.3, -0.25) is 14.6 Å². The molecule has 3 rings (SSSR count). The fourth-order valence-corrected chi connectivity index (χ4v) is 3.70. The first kappa shape index (κ1) is 19.3. The highest BCUT2D eigenvalue weighted by atomic mass is 16.2. The van der Waals surface area contributed by atoms with Crippen molar-refractivity contribution in [3.8, 4) is 0 Å². The van der Waals surface area contributed by atoms with E-state index in [0.717, 1.165) is 22.8 Å². The van der Waals surface area contributed by atoms with Gasteiger partial charge in [0.15, 0.2) is 0 Å². The Bertz CT molecular complexity index is 851. The van der Waals surface area contributed by atoms with Gasteiger partial charge in [0.1, 0.15) is 5.69 Å². The average Bonchev–Trinajstić information content (AvgIpc) is 2.67. The number of nitrogens with one attached hydrogen (secondary N) is 1. The molecule has 2 amide bonds. The Labute approximate surface area is 160 Å². The van der Waals surface area contributed by atoms with Gasteiger partial charge in [0.25, 0.3) is 5.91 Å². The molecule has 1 saturated carbocycles. The maximum absolute atomic E-state index is 12.6. The molecule has 0 unspecified atom stereocenters. The predicted octanol–water partition coefficient (Wildman–Crippen LogP) is 2.25. The Morgan fingerprint density at radius 2 is 2.04 bits per heavy atom. The normalized spacial score (nSPS) is 22.4. The monoisotopic (exact) mass is 368 g/mol. The van der Waals surface area contributed by atoms with Crippen LogP contribution in [0.5, 0.6) is 0 Å². The van der Waals surface area contributed by atoms with E-state index >= 15 is 0 Å². The fourth-order valence-electron chi connectivity index (χ4n) is 3.70. The van der Waals surface area contributed by atoms with Crippen molar-refractivity contribution < 1.29 is 9.59 Å². The van der Waals surface area contributed by atoms with Gasteiger partial charge in [-0.1, -0.05) is 17.7 Å². The molecule has 0 bridgehead atoms. The van der Waals surface area contributed by atoms with E-state index in [4.69, 9.17) is 5.73 Å². The van der Waals surface area contributed by atoms with Gasteiger partial charge < -0.3 is 16.0 Å². The van der Waals surface area contributed by atoms with Crippen LogP contribution in [0.2, 0.25) is 0 Å². The summed E-state index contributed by atoms with van der Waals surface area (Å²) in [6, 6.07) is 7.50. The molecule has 1 fully saturated rings. The van der Waals surface area contributed by atoms with Crippen LogP contribution in [0.25, 0.3) is 10.8 Å². The Morgan fingerprint density at radius 1 is 1.26 bits per heavy atom. The number of aryl methyl sites for hydroxylation is 1. The first-order valence-corrected chi connectivity index (χ1v) is 9.57. The third-order valence-electron chi connectivity index (χ3n) is 5.53. The lowest BCUT2D eigenvalue weighted by molar-refractivity contribution is -0.135. The summed E-state index contributed by atoms with van der Waals surface area (Å²) in [5.41, 5.74) is 7.83. The van der Waals surface area contributed by atoms with E-state index in [1.165, 1.54) is 0 Å². The van der Waals surface area contributed by atoms with Gasteiger partial charge in [0.05, 0.1) is 0 Å². The number of hydrogen-bond acceptors (Lipinski definition) is 4. The second-order valence-electron chi connectivity index (χ2n) is 7.53. The molecule has 27 heavy (non-hydrogen) atoms. The molecule has 1 aliphatic carbocycles. The van der Waals surface area contributed by atoms with Crippen LogP contribution in [0.4, 0.5) is 0 Å². The molecule has 3 atom stereocenters. The highest BCUT2D eigenvalue weighted by Crippen LogP contribution is 2.25. The molecule has 0 saturated heterocycles. The lowest BCUT2D eigenvalue weighted by Gasteiger charge is -2.35. The van der Waals surface area contributed by atoms with Gasteiger partial charge in [-0.25, -0.2) is 0 Å². The highest BCUT2D eigenvalue weighted by molar-refractivity contribution is 5.96. The summed E-state index contributed by atoms with van der Waals surface area (Å²) in [6.45, 7) is 4.68. The van der Waals surface area contributed by atoms with Crippen molar-refractivity contribution in [2.75, 3.05) is 13.6 Å². The summed E-state index contributed by atoms with van der Waals surface area (Å²) in [7, 11) is 1.81. The number of hydrogen-bond donors (Lipinski definition) is 2. The van der Waals surface area contributed by atoms with Gasteiger partial charge in [-0.05, 0) is 50.6 Å². The zero-order chi connectivity index (χ0) is 19.6. The van der Waals surface area contributed by atoms with Crippen molar-refractivity contribution in [1.82, 2.24) is 15.2 Å². The van der Waals surface area contributed by atoms with Crippen molar-refractivity contribution in [2.24, 2.45) is 11.7 Å². The Hall–Kier alpha value is -2.47. The zero-order valence-corrected chi connectivity index (χ0v) is 16.2. The van der Waals surface area contributed by atoms with Crippen LogP contribution in [-0.4, -0.2) is 47.4 Å². The first-order valence-electron chi connectivity index (χ1n) is 9.57. The molecular formula is C21H28N4O2. The summed E-state index contributed by atoms with van der Waals surface area (Å²) in [5.74, 6) is -0.127. The van der Waals surface area contributed by atoms with Crippen molar-refractivity contribution in [1.29, 1.82) is 0 Å². The van der Waals surface area contributed by atoms with Gasteiger partial charge in [-0.15, -0.1) is 0 Å². The van der Waals surface area contributed by atoms with Gasteiger partial charge in [0, 0.05) is 43.2 Å². The molecule has 1 aromatic carbocycles. The molecule has 0 radical (unpaired) electrons. The lowest BCUT2D eigenvalue weighted by atomic mass is 9.82. The summed E-state index contributed by atoms with van der Waals surface area (Å²) in [5, 5.41) is 5.02. The Balaban J connectivity index is 1.64. The van der Waals surface area contributed by atoms with Crippen LogP contribution in [-0.2, 0) is 4.79 Å². The molecule has 1 aliphatic rings. The Morgan fingerprint density at radius 3 is 2.74 bits per heavy atom. The van der Waals surface area contributed by atoms with Gasteiger partial charge in [0.2, 0.25) is 5.91 Å². The summed E-state index contributed by atoms with van der Waals surface area (Å²) in [4.78, 5) is 31.0. The number of nitrogens with two attached hydrogens (primary N) is 1. The molecule has 1 aromatic heterocycles. The average molecular weight is 368 g/mol. The van der Waals surface area contributed by atoms with Crippen molar-refractivity contribution in [2.45, 2.75) is 45.2 Å². The minimum absolute atomic E-state index is 0.0554. The van der Waals surface area contributed by atoms with E-state index in [2.05, 4.69) is 10.3 Å². The van der Waals surface area contributed by atoms with E-state index in [9.17, 15) is 9.59 Å². The topological polar surface area (TPSA) is 88.3 Å². The van der Waals surface area contributed by atoms with E-state index in [-0.39, 0.29) is 29.8 Å². The number of carbonyl (C=O) groups is 2. The zero-order valence-electron chi connectivity index (χ0n) is 16.2. The van der Waals surface area contributed by atoms with E-state index in [1.807, 2.05) is 39.1 Å². The smallest absolute Gasteiger partial charge is 0.270 e. The fraction of sp³-hybridized carbons (Fsp3) is 0.476. The van der Waals surface area contributed by atoms with Crippen molar-refractivity contribution in [3.05, 3.63) is 41.7 Å². The lowest BCUT2D eigenvalue weighted by Crippen LogP contribution is -2.52. The van der Waals surface area contributed by atoms with Crippen molar-refractivity contribution >= 4 is 22.6 Å². The van der Waals surface area contributed by atoms with Crippen LogP contribution in [0.3, 0.4) is 0 Å². The number of carbonyl (C=O) groups excluding carboxylic acids is 2. The third kappa shape index (κ3) is 4.27. The molecule has 144 valence electrons. The number of rotatable bonds is 4. The highest BCUT2D eigenvalue weighted by Gasteiger charge is 2.33. The molecule has 6 heteroatoms. The molecule has 1 heterocycles. The van der Waals surface area contributed by atoms with Crippen LogP contribution in [0.1, 0.15) is 42.2 Å². The first-order chi connectivity index (χ1) is 12.9. The van der Waals surface area contributed by atoms with E-state index in [1.54, 1.807) is 17.2 Å². The van der Waals surface area contributed by atoms with Crippen LogP contribution in [0.15, 0.2) is 30.5 Å². The Kier molecular flexibility index (Phi) is 5.75. The number of amides is 2. The number of benzene rings is 1. The number of nitrogens with zero attached hydrogens (tertiary/aromatic N) is 2. The molecular weight excluding hydrogens is 340 g/mol. The predicted molar refractivity (Wildman–Crippen MR) is 106 cm³/mol. The van der Waals surface area contributed by atoms with Gasteiger partial charge >= 0.3 is 0 Å². The van der Waals surface area contributed by atoms with E-state index < -0.39 is 0 Å². The minimum Gasteiger partial charge on any atom is -0.346 e. The summed E-state index contributed by atoms with van der Waals surface area (Å²) >= 11 is 0. The number of aromatic nitrogens is 1. The second kappa shape index (κ2) is 8.05. The number of pyridine rings is 1. The summed E-state index contributed by atoms with van der Waals surface area (Å²) < 4.78 is 0. The second-order valence-corrected chi connectivity index (χ2v) is 7.53. The summed E-state index contributed by atoms with van der Waals surface area (Å²) in [6.07, 6.45) is 3.77. The van der Waals surface area contributed by atoms with Crippen LogP contribution < -0.4 is 11.1 Å². The number of fused-ring (bicyclic) bond motifs is 1. The minimum atomic E-state index is -0.231. The standard InChI is InChI=1S/C21H28N4O2/c1-4-25(3)21(27)15-7-8-18(17(22)10-15)24-20(26)19-11-14-6-5-13(2)9-16(14)12-23-19/h5-6,9,11-12,15,17-18H,4,7-8,10,22H2,1-3H3,(H,24,26)/t15-,17+,18-/m0/s1. The third-order valence-corrected chi connectivity index (χ3v) is 5.53.